The van der Waals surface area contributed by atoms with E-state index in [0.29, 0.717) is 0 Å². The molecule has 3 rings (SSSR count). The lowest BCUT2D eigenvalue weighted by molar-refractivity contribution is 0.630. The van der Waals surface area contributed by atoms with E-state index in [1.165, 1.54) is 34.6 Å². The maximum atomic E-state index is 13.1. The first kappa shape index (κ1) is 12.1. The van der Waals surface area contributed by atoms with Gasteiger partial charge >= 0.3 is 0 Å². The molecule has 0 saturated carbocycles. The van der Waals surface area contributed by atoms with Crippen molar-refractivity contribution in [1.29, 1.82) is 0 Å². The van der Waals surface area contributed by atoms with E-state index < -0.39 is 0 Å². The van der Waals surface area contributed by atoms with Gasteiger partial charge in [-0.3, -0.25) is 0 Å². The Balaban J connectivity index is 1.80. The molecule has 0 spiro atoms. The lowest BCUT2D eigenvalue weighted by Gasteiger charge is -2.05. The highest BCUT2D eigenvalue weighted by molar-refractivity contribution is 7.22. The first-order valence-electron chi connectivity index (χ1n) is 6.07. The van der Waals surface area contributed by atoms with E-state index in [9.17, 15) is 4.39 Å². The second-order valence-electron chi connectivity index (χ2n) is 4.41. The number of rotatable bonds is 3. The molecule has 0 atom stereocenters. The van der Waals surface area contributed by atoms with E-state index in [-0.39, 0.29) is 5.82 Å². The van der Waals surface area contributed by atoms with Crippen molar-refractivity contribution in [2.75, 3.05) is 5.32 Å². The molecule has 4 heteroatoms. The molecule has 1 aromatic heterocycles. The number of aryl methyl sites for hydroxylation is 1. The van der Waals surface area contributed by atoms with Gasteiger partial charge in [0.05, 0.1) is 10.2 Å². The summed E-state index contributed by atoms with van der Waals surface area (Å²) in [6.07, 6.45) is 0. The summed E-state index contributed by atoms with van der Waals surface area (Å²) in [4.78, 5) is 4.44. The molecule has 2 nitrogen and oxygen atoms in total. The number of fused-ring (bicyclic) bond motifs is 1. The van der Waals surface area contributed by atoms with E-state index in [0.717, 1.165) is 21.9 Å². The van der Waals surface area contributed by atoms with Crippen LogP contribution >= 0.6 is 11.3 Å². The van der Waals surface area contributed by atoms with Crippen LogP contribution in [-0.2, 0) is 6.54 Å². The number of nitrogens with one attached hydrogen (secondary N) is 1. The van der Waals surface area contributed by atoms with Gasteiger partial charge in [0.2, 0.25) is 0 Å². The van der Waals surface area contributed by atoms with Crippen molar-refractivity contribution in [3.05, 3.63) is 59.4 Å². The topological polar surface area (TPSA) is 24.9 Å². The molecule has 0 saturated heterocycles. The summed E-state index contributed by atoms with van der Waals surface area (Å²) in [5, 5.41) is 4.12. The third kappa shape index (κ3) is 2.58. The zero-order valence-electron chi connectivity index (χ0n) is 10.5. The summed E-state index contributed by atoms with van der Waals surface area (Å²) in [6, 6.07) is 12.9. The average Bonchev–Trinajstić information content (AvgIpc) is 2.79. The van der Waals surface area contributed by atoms with Crippen LogP contribution in [-0.4, -0.2) is 4.98 Å². The van der Waals surface area contributed by atoms with Gasteiger partial charge in [0.1, 0.15) is 5.82 Å². The van der Waals surface area contributed by atoms with Gasteiger partial charge in [0.15, 0.2) is 5.13 Å². The third-order valence-electron chi connectivity index (χ3n) is 3.04. The van der Waals surface area contributed by atoms with Crippen LogP contribution in [0.15, 0.2) is 42.5 Å². The fourth-order valence-corrected chi connectivity index (χ4v) is 2.84. The highest BCUT2D eigenvalue weighted by atomic mass is 32.1. The standard InChI is InChI=1S/C15H13FN2S/c1-10-4-2-3-5-11(10)9-17-15-18-13-7-6-12(16)8-14(13)19-15/h2-8H,9H2,1H3,(H,17,18). The number of hydrogen-bond donors (Lipinski definition) is 1. The van der Waals surface area contributed by atoms with Crippen molar-refractivity contribution in [2.24, 2.45) is 0 Å². The normalized spacial score (nSPS) is 10.8. The number of hydrogen-bond acceptors (Lipinski definition) is 3. The second-order valence-corrected chi connectivity index (χ2v) is 5.44. The summed E-state index contributed by atoms with van der Waals surface area (Å²) in [5.41, 5.74) is 3.33. The summed E-state index contributed by atoms with van der Waals surface area (Å²) in [6.45, 7) is 2.82. The molecule has 0 unspecified atom stereocenters. The molecule has 0 radical (unpaired) electrons. The Labute approximate surface area is 114 Å². The molecule has 0 aliphatic heterocycles. The Bertz CT molecular complexity index is 721. The van der Waals surface area contributed by atoms with Crippen molar-refractivity contribution in [3.63, 3.8) is 0 Å². The van der Waals surface area contributed by atoms with Crippen molar-refractivity contribution in [1.82, 2.24) is 4.98 Å². The maximum Gasteiger partial charge on any atom is 0.184 e. The van der Waals surface area contributed by atoms with Gasteiger partial charge in [-0.1, -0.05) is 35.6 Å². The molecule has 0 fully saturated rings. The Morgan fingerprint density at radius 2 is 2.05 bits per heavy atom. The van der Waals surface area contributed by atoms with Crippen LogP contribution in [0.5, 0.6) is 0 Å². The molecule has 2 aromatic carbocycles. The monoisotopic (exact) mass is 272 g/mol. The lowest BCUT2D eigenvalue weighted by Crippen LogP contribution is -2.00. The molecule has 19 heavy (non-hydrogen) atoms. The number of aromatic nitrogens is 1. The fourth-order valence-electron chi connectivity index (χ4n) is 1.95. The maximum absolute atomic E-state index is 13.1. The van der Waals surface area contributed by atoms with Gasteiger partial charge in [0.25, 0.3) is 0 Å². The predicted molar refractivity (Wildman–Crippen MR) is 78.1 cm³/mol. The molecule has 3 aromatic rings. The van der Waals surface area contributed by atoms with Gasteiger partial charge in [0, 0.05) is 6.54 Å². The molecule has 0 bridgehead atoms. The number of thiazole rings is 1. The van der Waals surface area contributed by atoms with Crippen molar-refractivity contribution >= 4 is 26.7 Å². The number of nitrogens with zero attached hydrogens (tertiary/aromatic N) is 1. The van der Waals surface area contributed by atoms with Crippen molar-refractivity contribution in [2.45, 2.75) is 13.5 Å². The van der Waals surface area contributed by atoms with Gasteiger partial charge in [-0.05, 0) is 36.2 Å². The largest absolute Gasteiger partial charge is 0.357 e. The molecule has 1 N–H and O–H groups in total. The summed E-state index contributed by atoms with van der Waals surface area (Å²) < 4.78 is 14.0. The zero-order valence-corrected chi connectivity index (χ0v) is 11.3. The van der Waals surface area contributed by atoms with Crippen LogP contribution in [0.1, 0.15) is 11.1 Å². The van der Waals surface area contributed by atoms with Crippen LogP contribution < -0.4 is 5.32 Å². The predicted octanol–water partition coefficient (Wildman–Crippen LogP) is 4.36. The number of halogens is 1. The fraction of sp³-hybridized carbons (Fsp3) is 0.133. The van der Waals surface area contributed by atoms with Crippen LogP contribution in [0.2, 0.25) is 0 Å². The summed E-state index contributed by atoms with van der Waals surface area (Å²) in [7, 11) is 0. The SMILES string of the molecule is Cc1ccccc1CNc1nc2ccc(F)cc2s1. The average molecular weight is 272 g/mol. The Morgan fingerprint density at radius 1 is 1.21 bits per heavy atom. The van der Waals surface area contributed by atoms with E-state index >= 15 is 0 Å². The Hall–Kier alpha value is -1.94. The van der Waals surface area contributed by atoms with Crippen LogP contribution in [0.3, 0.4) is 0 Å². The van der Waals surface area contributed by atoms with Gasteiger partial charge in [-0.2, -0.15) is 0 Å². The highest BCUT2D eigenvalue weighted by Crippen LogP contribution is 2.26. The number of anilines is 1. The first-order chi connectivity index (χ1) is 9.22. The van der Waals surface area contributed by atoms with Crippen LogP contribution in [0.25, 0.3) is 10.2 Å². The molecule has 0 aliphatic rings. The zero-order chi connectivity index (χ0) is 13.2. The van der Waals surface area contributed by atoms with Crippen molar-refractivity contribution < 1.29 is 4.39 Å². The third-order valence-corrected chi connectivity index (χ3v) is 4.02. The molecule has 0 amide bonds. The minimum absolute atomic E-state index is 0.221. The lowest BCUT2D eigenvalue weighted by atomic mass is 10.1. The minimum atomic E-state index is -0.221. The van der Waals surface area contributed by atoms with Gasteiger partial charge in [-0.25, -0.2) is 9.37 Å². The second kappa shape index (κ2) is 4.97. The molecular weight excluding hydrogens is 259 g/mol. The molecule has 0 aliphatic carbocycles. The van der Waals surface area contributed by atoms with E-state index in [1.807, 2.05) is 12.1 Å². The first-order valence-corrected chi connectivity index (χ1v) is 6.88. The minimum Gasteiger partial charge on any atom is -0.357 e. The smallest absolute Gasteiger partial charge is 0.184 e. The van der Waals surface area contributed by atoms with E-state index in [1.54, 1.807) is 6.07 Å². The molecule has 96 valence electrons. The van der Waals surface area contributed by atoms with Gasteiger partial charge < -0.3 is 5.32 Å². The Morgan fingerprint density at radius 3 is 2.89 bits per heavy atom. The summed E-state index contributed by atoms with van der Waals surface area (Å²) in [5.74, 6) is -0.221. The quantitative estimate of drug-likeness (QED) is 0.766. The van der Waals surface area contributed by atoms with Crippen LogP contribution in [0.4, 0.5) is 9.52 Å². The Kier molecular flexibility index (Phi) is 3.17. The summed E-state index contributed by atoms with van der Waals surface area (Å²) >= 11 is 1.47. The van der Waals surface area contributed by atoms with E-state index in [4.69, 9.17) is 0 Å². The molecular formula is C15H13FN2S. The van der Waals surface area contributed by atoms with E-state index in [2.05, 4.69) is 29.4 Å². The molecule has 1 heterocycles. The van der Waals surface area contributed by atoms with Crippen LogP contribution in [0, 0.1) is 12.7 Å². The highest BCUT2D eigenvalue weighted by Gasteiger charge is 2.05. The van der Waals surface area contributed by atoms with Crippen molar-refractivity contribution in [3.8, 4) is 0 Å². The van der Waals surface area contributed by atoms with Gasteiger partial charge in [-0.15, -0.1) is 0 Å². The number of benzene rings is 2.